The molecule has 0 aliphatic heterocycles. The van der Waals surface area contributed by atoms with Crippen LogP contribution in [-0.4, -0.2) is 0 Å². The van der Waals surface area contributed by atoms with Gasteiger partial charge in [0.05, 0.1) is 0 Å². The van der Waals surface area contributed by atoms with Gasteiger partial charge in [0.25, 0.3) is 0 Å². The first-order valence-electron chi connectivity index (χ1n) is 2.48. The number of rotatable bonds is 2. The number of hydrogen-bond acceptors (Lipinski definition) is 2. The van der Waals surface area contributed by atoms with Gasteiger partial charge in [0.2, 0.25) is 7.66 Å². The van der Waals surface area contributed by atoms with Gasteiger partial charge in [0.1, 0.15) is 0 Å². The van der Waals surface area contributed by atoms with Crippen molar-refractivity contribution < 1.29 is 4.57 Å². The Labute approximate surface area is 59.4 Å². The summed E-state index contributed by atoms with van der Waals surface area (Å²) in [5, 5.41) is 0. The van der Waals surface area contributed by atoms with Crippen molar-refractivity contribution in [3.8, 4) is 0 Å². The molecule has 0 N–H and O–H groups in total. The Morgan fingerprint density at radius 2 is 1.89 bits per heavy atom. The van der Waals surface area contributed by atoms with E-state index < -0.39 is 0 Å². The molecule has 0 aromatic heterocycles. The topological polar surface area (TPSA) is 17.1 Å². The lowest BCUT2D eigenvalue weighted by atomic mass is 10.4. The van der Waals surface area contributed by atoms with Crippen molar-refractivity contribution in [2.24, 2.45) is 0 Å². The monoisotopic (exact) mass is 156 g/mol. The van der Waals surface area contributed by atoms with Gasteiger partial charge in [-0.25, -0.2) is 0 Å². The van der Waals surface area contributed by atoms with Gasteiger partial charge in [0, 0.05) is 4.90 Å². The van der Waals surface area contributed by atoms with Crippen LogP contribution in [0.15, 0.2) is 35.2 Å². The second-order valence-electron chi connectivity index (χ2n) is 1.48. The molecule has 0 atom stereocenters. The zero-order chi connectivity index (χ0) is 6.53. The van der Waals surface area contributed by atoms with Gasteiger partial charge < -0.3 is 0 Å². The van der Waals surface area contributed by atoms with E-state index >= 15 is 0 Å². The van der Waals surface area contributed by atoms with E-state index in [-0.39, 0.29) is 7.66 Å². The van der Waals surface area contributed by atoms with E-state index in [1.807, 2.05) is 30.3 Å². The summed E-state index contributed by atoms with van der Waals surface area (Å²) in [5.74, 6) is 0. The maximum atomic E-state index is 10.0. The average Bonchev–Trinajstić information content (AvgIpc) is 1.91. The van der Waals surface area contributed by atoms with Crippen molar-refractivity contribution in [1.82, 2.24) is 0 Å². The van der Waals surface area contributed by atoms with Gasteiger partial charge >= 0.3 is 0 Å². The van der Waals surface area contributed by atoms with E-state index in [0.717, 1.165) is 4.90 Å². The quantitative estimate of drug-likeness (QED) is 0.612. The first kappa shape index (κ1) is 6.79. The fourth-order valence-corrected chi connectivity index (χ4v) is 1.51. The molecule has 3 heteroatoms. The molecule has 9 heavy (non-hydrogen) atoms. The van der Waals surface area contributed by atoms with E-state index in [0.29, 0.717) is 0 Å². The van der Waals surface area contributed by atoms with Crippen LogP contribution in [0.2, 0.25) is 0 Å². The van der Waals surface area contributed by atoms with Crippen molar-refractivity contribution in [3.63, 3.8) is 0 Å². The number of benzene rings is 1. The third-order valence-electron chi connectivity index (χ3n) is 0.886. The third kappa shape index (κ3) is 2.17. The van der Waals surface area contributed by atoms with Crippen LogP contribution in [-0.2, 0) is 4.57 Å². The summed E-state index contributed by atoms with van der Waals surface area (Å²) in [5.41, 5.74) is 0. The van der Waals surface area contributed by atoms with Crippen LogP contribution in [0.5, 0.6) is 0 Å². The molecule has 0 heterocycles. The predicted octanol–water partition coefficient (Wildman–Crippen LogP) is 2.99. The zero-order valence-corrected chi connectivity index (χ0v) is 6.36. The fourth-order valence-electron chi connectivity index (χ4n) is 0.524. The van der Waals surface area contributed by atoms with E-state index in [1.165, 1.54) is 11.4 Å². The molecule has 0 spiro atoms. The van der Waals surface area contributed by atoms with E-state index in [4.69, 9.17) is 0 Å². The highest BCUT2D eigenvalue weighted by atomic mass is 32.7. The largest absolute Gasteiger partial charge is 0.262 e. The molecule has 0 saturated carbocycles. The molecule has 0 aliphatic rings. The minimum Gasteiger partial charge on any atom is -0.262 e. The summed E-state index contributed by atoms with van der Waals surface area (Å²) in [7, 11) is 0.112. The lowest BCUT2D eigenvalue weighted by Crippen LogP contribution is -1.60. The highest BCUT2D eigenvalue weighted by Gasteiger charge is 1.86. The Morgan fingerprint density at radius 1 is 1.22 bits per heavy atom. The lowest BCUT2D eigenvalue weighted by molar-refractivity contribution is 0.605. The van der Waals surface area contributed by atoms with Crippen molar-refractivity contribution in [2.45, 2.75) is 4.90 Å². The predicted molar refractivity (Wildman–Crippen MR) is 39.9 cm³/mol. The second kappa shape index (κ2) is 3.65. The molecule has 46 valence electrons. The first-order chi connectivity index (χ1) is 4.43. The Hall–Kier alpha value is -0.330. The molecular weight excluding hydrogens is 151 g/mol. The van der Waals surface area contributed by atoms with Gasteiger partial charge in [-0.05, 0) is 23.5 Å². The highest BCUT2D eigenvalue weighted by molar-refractivity contribution is 8.45. The molecule has 0 amide bonds. The van der Waals surface area contributed by atoms with Crippen molar-refractivity contribution >= 4 is 19.0 Å². The summed E-state index contributed by atoms with van der Waals surface area (Å²) >= 11 is 1.29. The summed E-state index contributed by atoms with van der Waals surface area (Å²) in [6.45, 7) is 0. The Balaban J connectivity index is 2.72. The lowest BCUT2D eigenvalue weighted by Gasteiger charge is -1.87. The van der Waals surface area contributed by atoms with Gasteiger partial charge in [-0.3, -0.25) is 4.57 Å². The standard InChI is InChI=1S/C6H5OPS/c7-8-9-6-4-2-1-3-5-6/h1-5H. The smallest absolute Gasteiger partial charge is 0.232 e. The maximum absolute atomic E-state index is 10.0. The normalized spacial score (nSPS) is 9.78. The Bertz CT molecular complexity index is 188. The maximum Gasteiger partial charge on any atom is 0.232 e. The summed E-state index contributed by atoms with van der Waals surface area (Å²) < 4.78 is 10.0. The van der Waals surface area contributed by atoms with Crippen LogP contribution < -0.4 is 0 Å². The van der Waals surface area contributed by atoms with E-state index in [1.54, 1.807) is 0 Å². The minimum absolute atomic E-state index is 0.112. The average molecular weight is 156 g/mol. The van der Waals surface area contributed by atoms with Crippen molar-refractivity contribution in [1.29, 1.82) is 0 Å². The van der Waals surface area contributed by atoms with Crippen LogP contribution in [0.1, 0.15) is 0 Å². The molecule has 1 aromatic carbocycles. The third-order valence-corrected chi connectivity index (χ3v) is 2.30. The Kier molecular flexibility index (Phi) is 2.75. The second-order valence-corrected chi connectivity index (χ2v) is 3.28. The van der Waals surface area contributed by atoms with Crippen LogP contribution >= 0.6 is 19.0 Å². The van der Waals surface area contributed by atoms with E-state index in [9.17, 15) is 4.57 Å². The van der Waals surface area contributed by atoms with Crippen LogP contribution in [0.25, 0.3) is 0 Å². The van der Waals surface area contributed by atoms with Crippen LogP contribution in [0.3, 0.4) is 0 Å². The zero-order valence-electron chi connectivity index (χ0n) is 4.65. The first-order valence-corrected chi connectivity index (χ1v) is 4.71. The molecule has 1 rings (SSSR count). The van der Waals surface area contributed by atoms with E-state index in [2.05, 4.69) is 0 Å². The van der Waals surface area contributed by atoms with Crippen molar-refractivity contribution in [3.05, 3.63) is 30.3 Å². The summed E-state index contributed by atoms with van der Waals surface area (Å²) in [6.07, 6.45) is 0. The SMILES string of the molecule is O=PSc1ccccc1. The molecule has 1 nitrogen and oxygen atoms in total. The van der Waals surface area contributed by atoms with Gasteiger partial charge in [-0.15, -0.1) is 0 Å². The molecule has 1 aromatic rings. The van der Waals surface area contributed by atoms with Crippen LogP contribution in [0.4, 0.5) is 0 Å². The Morgan fingerprint density at radius 3 is 2.44 bits per heavy atom. The van der Waals surface area contributed by atoms with Gasteiger partial charge in [-0.2, -0.15) is 0 Å². The molecule has 0 unspecified atom stereocenters. The molecule has 0 bridgehead atoms. The van der Waals surface area contributed by atoms with Gasteiger partial charge in [0.15, 0.2) is 0 Å². The van der Waals surface area contributed by atoms with Gasteiger partial charge in [-0.1, -0.05) is 18.2 Å². The molecule has 0 fully saturated rings. The van der Waals surface area contributed by atoms with Crippen LogP contribution in [0, 0.1) is 0 Å². The molecule has 0 radical (unpaired) electrons. The molecule has 0 aliphatic carbocycles. The molecule has 0 saturated heterocycles. The molecular formula is C6H5OPS. The fraction of sp³-hybridized carbons (Fsp3) is 0. The number of hydrogen-bond donors (Lipinski definition) is 0. The highest BCUT2D eigenvalue weighted by Crippen LogP contribution is 2.27. The minimum atomic E-state index is 0.112. The summed E-state index contributed by atoms with van der Waals surface area (Å²) in [4.78, 5) is 1.04. The van der Waals surface area contributed by atoms with Crippen molar-refractivity contribution in [2.75, 3.05) is 0 Å². The summed E-state index contributed by atoms with van der Waals surface area (Å²) in [6, 6.07) is 9.64.